The van der Waals surface area contributed by atoms with Gasteiger partial charge in [0.1, 0.15) is 5.82 Å². The molecule has 0 spiro atoms. The highest BCUT2D eigenvalue weighted by molar-refractivity contribution is 5.32. The van der Waals surface area contributed by atoms with Crippen molar-refractivity contribution in [2.24, 2.45) is 0 Å². The molecule has 1 aromatic carbocycles. The number of nitrogens with one attached hydrogen (secondary N) is 1. The van der Waals surface area contributed by atoms with E-state index in [0.717, 1.165) is 6.07 Å². The van der Waals surface area contributed by atoms with Crippen LogP contribution in [0.25, 0.3) is 0 Å². The second kappa shape index (κ2) is 5.80. The third-order valence-corrected chi connectivity index (χ3v) is 2.21. The van der Waals surface area contributed by atoms with Crippen molar-refractivity contribution in [2.45, 2.75) is 18.8 Å². The maximum absolute atomic E-state index is 13.3. The van der Waals surface area contributed by atoms with Crippen LogP contribution in [0.5, 0.6) is 0 Å². The van der Waals surface area contributed by atoms with Crippen molar-refractivity contribution in [1.82, 2.24) is 5.32 Å². The minimum absolute atomic E-state index is 0.128. The van der Waals surface area contributed by atoms with Crippen molar-refractivity contribution in [1.29, 1.82) is 5.26 Å². The number of alkyl halides is 3. The van der Waals surface area contributed by atoms with Crippen molar-refractivity contribution < 1.29 is 22.7 Å². The van der Waals surface area contributed by atoms with Crippen molar-refractivity contribution in [2.75, 3.05) is 6.54 Å². The third kappa shape index (κ3) is 3.98. The Bertz CT molecular complexity index is 453. The molecule has 0 saturated heterocycles. The summed E-state index contributed by atoms with van der Waals surface area (Å²) in [5.74, 6) is -0.678. The Morgan fingerprint density at radius 2 is 2.06 bits per heavy atom. The molecule has 0 aliphatic rings. The maximum Gasteiger partial charge on any atom is 0.415 e. The number of aliphatic hydroxyl groups is 1. The van der Waals surface area contributed by atoms with Gasteiger partial charge in [-0.05, 0) is 12.1 Å². The van der Waals surface area contributed by atoms with Crippen molar-refractivity contribution >= 4 is 0 Å². The van der Waals surface area contributed by atoms with Crippen LogP contribution in [0.3, 0.4) is 0 Å². The zero-order chi connectivity index (χ0) is 13.8. The molecule has 0 radical (unpaired) electrons. The summed E-state index contributed by atoms with van der Waals surface area (Å²) in [4.78, 5) is 0. The molecule has 0 aromatic heterocycles. The lowest BCUT2D eigenvalue weighted by atomic mass is 10.1. The summed E-state index contributed by atoms with van der Waals surface area (Å²) in [6.07, 6.45) is -7.19. The first-order valence-corrected chi connectivity index (χ1v) is 4.98. The Kier molecular flexibility index (Phi) is 4.64. The maximum atomic E-state index is 13.3. The summed E-state index contributed by atoms with van der Waals surface area (Å²) in [7, 11) is 0. The largest absolute Gasteiger partial charge is 0.415 e. The van der Waals surface area contributed by atoms with E-state index in [-0.39, 0.29) is 17.7 Å². The molecule has 1 aromatic rings. The number of rotatable bonds is 4. The van der Waals surface area contributed by atoms with Gasteiger partial charge in [0.2, 0.25) is 0 Å². The first kappa shape index (κ1) is 14.4. The van der Waals surface area contributed by atoms with Crippen molar-refractivity contribution in [3.63, 3.8) is 0 Å². The quantitative estimate of drug-likeness (QED) is 0.812. The zero-order valence-electron chi connectivity index (χ0n) is 9.13. The molecule has 0 bridgehead atoms. The number of hydrogen-bond donors (Lipinski definition) is 2. The predicted octanol–water partition coefficient (Wildman–Crippen LogP) is 1.71. The summed E-state index contributed by atoms with van der Waals surface area (Å²) in [6.45, 7) is -0.881. The van der Waals surface area contributed by atoms with Crippen LogP contribution in [0, 0.1) is 17.1 Å². The lowest BCUT2D eigenvalue weighted by Gasteiger charge is -2.15. The van der Waals surface area contributed by atoms with Gasteiger partial charge in [-0.1, -0.05) is 6.07 Å². The molecule has 0 saturated carbocycles. The van der Waals surface area contributed by atoms with Crippen LogP contribution in [-0.4, -0.2) is 23.9 Å². The number of hydrogen-bond acceptors (Lipinski definition) is 3. The van der Waals surface area contributed by atoms with Crippen LogP contribution in [-0.2, 0) is 6.54 Å². The molecular weight excluding hydrogens is 252 g/mol. The van der Waals surface area contributed by atoms with Crippen LogP contribution in [0.4, 0.5) is 17.6 Å². The van der Waals surface area contributed by atoms with E-state index in [0.29, 0.717) is 0 Å². The van der Waals surface area contributed by atoms with Gasteiger partial charge >= 0.3 is 6.18 Å². The molecular formula is C11H10F4N2O. The lowest BCUT2D eigenvalue weighted by Crippen LogP contribution is -2.38. The first-order valence-electron chi connectivity index (χ1n) is 4.98. The van der Waals surface area contributed by atoms with Crippen LogP contribution in [0.15, 0.2) is 18.2 Å². The number of nitrogens with zero attached hydrogens (tertiary/aromatic N) is 1. The topological polar surface area (TPSA) is 56.0 Å². The van der Waals surface area contributed by atoms with Crippen LogP contribution in [0.1, 0.15) is 11.1 Å². The average Bonchev–Trinajstić information content (AvgIpc) is 2.29. The Morgan fingerprint density at radius 1 is 1.39 bits per heavy atom. The van der Waals surface area contributed by atoms with Crippen molar-refractivity contribution in [3.05, 3.63) is 35.1 Å². The molecule has 3 nitrogen and oxygen atoms in total. The fourth-order valence-corrected chi connectivity index (χ4v) is 1.22. The van der Waals surface area contributed by atoms with Crippen molar-refractivity contribution in [3.8, 4) is 6.07 Å². The van der Waals surface area contributed by atoms with Gasteiger partial charge in [-0.2, -0.15) is 18.4 Å². The molecule has 2 N–H and O–H groups in total. The summed E-state index contributed by atoms with van der Waals surface area (Å²) in [5, 5.41) is 19.5. The van der Waals surface area contributed by atoms with E-state index in [4.69, 9.17) is 10.4 Å². The number of aliphatic hydroxyl groups excluding tert-OH is 1. The zero-order valence-corrected chi connectivity index (χ0v) is 9.13. The Morgan fingerprint density at radius 3 is 2.56 bits per heavy atom. The van der Waals surface area contributed by atoms with Crippen LogP contribution in [0.2, 0.25) is 0 Å². The fourth-order valence-electron chi connectivity index (χ4n) is 1.22. The highest BCUT2D eigenvalue weighted by Crippen LogP contribution is 2.19. The van der Waals surface area contributed by atoms with Gasteiger partial charge in [-0.15, -0.1) is 0 Å². The fraction of sp³-hybridized carbons (Fsp3) is 0.364. The van der Waals surface area contributed by atoms with E-state index >= 15 is 0 Å². The normalized spacial score (nSPS) is 13.1. The van der Waals surface area contributed by atoms with E-state index < -0.39 is 24.6 Å². The third-order valence-electron chi connectivity index (χ3n) is 2.21. The Balaban J connectivity index is 2.53. The monoisotopic (exact) mass is 262 g/mol. The molecule has 1 unspecified atom stereocenters. The van der Waals surface area contributed by atoms with Gasteiger partial charge in [-0.25, -0.2) is 4.39 Å². The van der Waals surface area contributed by atoms with Gasteiger partial charge in [0.15, 0.2) is 6.10 Å². The van der Waals surface area contributed by atoms with Crippen LogP contribution < -0.4 is 5.32 Å². The van der Waals surface area contributed by atoms with Gasteiger partial charge in [0.25, 0.3) is 0 Å². The minimum atomic E-state index is -4.70. The molecule has 1 atom stereocenters. The smallest absolute Gasteiger partial charge is 0.382 e. The van der Waals surface area contributed by atoms with E-state index in [9.17, 15) is 17.6 Å². The molecule has 18 heavy (non-hydrogen) atoms. The molecule has 98 valence electrons. The van der Waals surface area contributed by atoms with Gasteiger partial charge in [-0.3, -0.25) is 0 Å². The number of nitriles is 1. The summed E-state index contributed by atoms with van der Waals surface area (Å²) < 4.78 is 49.2. The van der Waals surface area contributed by atoms with E-state index in [1.807, 2.05) is 0 Å². The van der Waals surface area contributed by atoms with E-state index in [2.05, 4.69) is 5.32 Å². The molecule has 0 aliphatic heterocycles. The summed E-state index contributed by atoms with van der Waals surface area (Å²) in [5.41, 5.74) is 0.259. The van der Waals surface area contributed by atoms with E-state index in [1.54, 1.807) is 6.07 Å². The molecule has 0 heterocycles. The molecule has 0 amide bonds. The second-order valence-electron chi connectivity index (χ2n) is 3.61. The number of halogens is 4. The molecule has 1 rings (SSSR count). The minimum Gasteiger partial charge on any atom is -0.382 e. The molecule has 7 heteroatoms. The first-order chi connectivity index (χ1) is 8.34. The van der Waals surface area contributed by atoms with Gasteiger partial charge < -0.3 is 10.4 Å². The second-order valence-corrected chi connectivity index (χ2v) is 3.61. The highest BCUT2D eigenvalue weighted by Gasteiger charge is 2.37. The lowest BCUT2D eigenvalue weighted by molar-refractivity contribution is -0.201. The SMILES string of the molecule is N#Cc1ccc(CNCC(O)C(F)(F)F)c(F)c1. The van der Waals surface area contributed by atoms with E-state index in [1.165, 1.54) is 12.1 Å². The Hall–Kier alpha value is -1.65. The molecule has 0 fully saturated rings. The summed E-state index contributed by atoms with van der Waals surface area (Å²) in [6, 6.07) is 5.41. The predicted molar refractivity (Wildman–Crippen MR) is 54.9 cm³/mol. The number of benzene rings is 1. The standard InChI is InChI=1S/C11H10F4N2O/c12-9-3-7(4-16)1-2-8(9)5-17-6-10(18)11(13,14)15/h1-3,10,17-18H,5-6H2. The summed E-state index contributed by atoms with van der Waals surface area (Å²) >= 11 is 0. The van der Waals surface area contributed by atoms with Gasteiger partial charge in [0.05, 0.1) is 11.6 Å². The Labute approximate surface area is 101 Å². The molecule has 0 aliphatic carbocycles. The van der Waals surface area contributed by atoms with Gasteiger partial charge in [0, 0.05) is 18.7 Å². The van der Waals surface area contributed by atoms with Crippen LogP contribution >= 0.6 is 0 Å². The highest BCUT2D eigenvalue weighted by atomic mass is 19.4. The average molecular weight is 262 g/mol.